The van der Waals surface area contributed by atoms with Crippen LogP contribution in [0, 0.1) is 0 Å². The highest BCUT2D eigenvalue weighted by Gasteiger charge is 2.27. The zero-order valence-corrected chi connectivity index (χ0v) is 14.4. The summed E-state index contributed by atoms with van der Waals surface area (Å²) in [7, 11) is 1.36. The predicted octanol–water partition coefficient (Wildman–Crippen LogP) is 3.77. The van der Waals surface area contributed by atoms with E-state index < -0.39 is 0 Å². The minimum Gasteiger partial charge on any atom is -0.469 e. The fourth-order valence-electron chi connectivity index (χ4n) is 2.90. The van der Waals surface area contributed by atoms with E-state index in [1.165, 1.54) is 20.0 Å². The number of ether oxygens (including phenoxy) is 1. The molecule has 0 N–H and O–H groups in total. The number of carbonyl (C=O) groups excluding carboxylic acids is 2. The lowest BCUT2D eigenvalue weighted by Crippen LogP contribution is -2.41. The van der Waals surface area contributed by atoms with Gasteiger partial charge >= 0.3 is 5.97 Å². The van der Waals surface area contributed by atoms with Crippen LogP contribution in [0.15, 0.2) is 21.2 Å². The minimum absolute atomic E-state index is 0.151. The van der Waals surface area contributed by atoms with Crippen LogP contribution in [0.5, 0.6) is 0 Å². The van der Waals surface area contributed by atoms with Gasteiger partial charge in [0.15, 0.2) is 10.4 Å². The number of esters is 1. The first-order chi connectivity index (χ1) is 10.6. The summed E-state index contributed by atoms with van der Waals surface area (Å²) in [5.74, 6) is -0.144. The van der Waals surface area contributed by atoms with Gasteiger partial charge in [0.2, 0.25) is 0 Å². The number of halogens is 1. The van der Waals surface area contributed by atoms with Crippen molar-refractivity contribution in [3.05, 3.63) is 22.6 Å². The number of rotatable bonds is 5. The SMILES string of the molecule is COC(=O)CCN(C(=O)c1ccc(Br)o1)C1CCCCCC1. The molecule has 0 bridgehead atoms. The Morgan fingerprint density at radius 1 is 1.27 bits per heavy atom. The van der Waals surface area contributed by atoms with Crippen molar-refractivity contribution >= 4 is 27.8 Å². The summed E-state index contributed by atoms with van der Waals surface area (Å²) in [6.07, 6.45) is 6.83. The maximum Gasteiger partial charge on any atom is 0.307 e. The van der Waals surface area contributed by atoms with Crippen LogP contribution >= 0.6 is 15.9 Å². The van der Waals surface area contributed by atoms with E-state index in [0.29, 0.717) is 17.0 Å². The second-order valence-electron chi connectivity index (χ2n) is 5.57. The smallest absolute Gasteiger partial charge is 0.307 e. The molecular formula is C16H22BrNO4. The Hall–Kier alpha value is -1.30. The van der Waals surface area contributed by atoms with E-state index in [-0.39, 0.29) is 24.3 Å². The highest BCUT2D eigenvalue weighted by molar-refractivity contribution is 9.10. The van der Waals surface area contributed by atoms with Crippen molar-refractivity contribution in [1.29, 1.82) is 0 Å². The van der Waals surface area contributed by atoms with E-state index >= 15 is 0 Å². The lowest BCUT2D eigenvalue weighted by molar-refractivity contribution is -0.140. The van der Waals surface area contributed by atoms with Crippen molar-refractivity contribution in [2.24, 2.45) is 0 Å². The van der Waals surface area contributed by atoms with Gasteiger partial charge in [-0.15, -0.1) is 0 Å². The molecule has 5 nitrogen and oxygen atoms in total. The number of hydrogen-bond acceptors (Lipinski definition) is 4. The fraction of sp³-hybridized carbons (Fsp3) is 0.625. The summed E-state index contributed by atoms with van der Waals surface area (Å²) in [5.41, 5.74) is 0. The number of furan rings is 1. The third-order valence-electron chi connectivity index (χ3n) is 4.09. The molecule has 1 saturated carbocycles. The topological polar surface area (TPSA) is 59.8 Å². The number of hydrogen-bond donors (Lipinski definition) is 0. The summed E-state index contributed by atoms with van der Waals surface area (Å²) in [4.78, 5) is 26.0. The van der Waals surface area contributed by atoms with Gasteiger partial charge in [-0.25, -0.2) is 0 Å². The molecule has 2 rings (SSSR count). The summed E-state index contributed by atoms with van der Waals surface area (Å²) < 4.78 is 10.6. The van der Waals surface area contributed by atoms with Crippen molar-refractivity contribution in [3.8, 4) is 0 Å². The second-order valence-corrected chi connectivity index (χ2v) is 6.36. The maximum atomic E-state index is 12.7. The zero-order chi connectivity index (χ0) is 15.9. The van der Waals surface area contributed by atoms with E-state index in [0.717, 1.165) is 25.7 Å². The standard InChI is InChI=1S/C16H22BrNO4/c1-21-15(19)10-11-18(12-6-4-2-3-5-7-12)16(20)13-8-9-14(17)22-13/h8-9,12H,2-7,10-11H2,1H3. The highest BCUT2D eigenvalue weighted by Crippen LogP contribution is 2.25. The second kappa shape index (κ2) is 8.36. The van der Waals surface area contributed by atoms with Crippen molar-refractivity contribution in [2.45, 2.75) is 51.0 Å². The first kappa shape index (κ1) is 17.1. The number of carbonyl (C=O) groups is 2. The Labute approximate surface area is 139 Å². The van der Waals surface area contributed by atoms with Crippen molar-refractivity contribution in [3.63, 3.8) is 0 Å². The molecule has 1 aliphatic carbocycles. The van der Waals surface area contributed by atoms with E-state index in [4.69, 9.17) is 9.15 Å². The van der Waals surface area contributed by atoms with Crippen LogP contribution in [0.25, 0.3) is 0 Å². The molecule has 0 aliphatic heterocycles. The molecule has 0 spiro atoms. The van der Waals surface area contributed by atoms with Crippen LogP contribution in [0.4, 0.5) is 0 Å². The molecule has 1 aromatic rings. The molecule has 122 valence electrons. The number of nitrogens with zero attached hydrogens (tertiary/aromatic N) is 1. The average Bonchev–Trinajstić information content (AvgIpc) is 2.78. The van der Waals surface area contributed by atoms with Gasteiger partial charge < -0.3 is 14.1 Å². The predicted molar refractivity (Wildman–Crippen MR) is 85.6 cm³/mol. The van der Waals surface area contributed by atoms with Crippen molar-refractivity contribution in [2.75, 3.05) is 13.7 Å². The lowest BCUT2D eigenvalue weighted by atomic mass is 10.1. The Balaban J connectivity index is 2.12. The molecule has 6 heteroatoms. The average molecular weight is 372 g/mol. The van der Waals surface area contributed by atoms with E-state index in [9.17, 15) is 9.59 Å². The molecule has 1 aliphatic rings. The van der Waals surface area contributed by atoms with Crippen LogP contribution in [0.1, 0.15) is 55.5 Å². The third kappa shape index (κ3) is 4.60. The summed E-state index contributed by atoms with van der Waals surface area (Å²) in [6.45, 7) is 0.370. The fourth-order valence-corrected chi connectivity index (χ4v) is 3.21. The molecule has 1 fully saturated rings. The van der Waals surface area contributed by atoms with Gasteiger partial charge in [-0.05, 0) is 40.9 Å². The molecule has 0 unspecified atom stereocenters. The molecule has 22 heavy (non-hydrogen) atoms. The van der Waals surface area contributed by atoms with Crippen LogP contribution in [-0.4, -0.2) is 36.5 Å². The minimum atomic E-state index is -0.299. The summed E-state index contributed by atoms with van der Waals surface area (Å²) in [6, 6.07) is 3.54. The largest absolute Gasteiger partial charge is 0.469 e. The molecule has 0 aromatic carbocycles. The molecular weight excluding hydrogens is 350 g/mol. The normalized spacial score (nSPS) is 16.1. The number of amides is 1. The maximum absolute atomic E-state index is 12.7. The quantitative estimate of drug-likeness (QED) is 0.583. The first-order valence-corrected chi connectivity index (χ1v) is 8.54. The highest BCUT2D eigenvalue weighted by atomic mass is 79.9. The Bertz CT molecular complexity index is 506. The summed E-state index contributed by atoms with van der Waals surface area (Å²) >= 11 is 3.22. The molecule has 1 heterocycles. The van der Waals surface area contributed by atoms with Gasteiger partial charge in [0, 0.05) is 12.6 Å². The first-order valence-electron chi connectivity index (χ1n) is 7.75. The van der Waals surface area contributed by atoms with Gasteiger partial charge in [0.1, 0.15) is 0 Å². The van der Waals surface area contributed by atoms with Crippen LogP contribution in [0.3, 0.4) is 0 Å². The van der Waals surface area contributed by atoms with E-state index in [1.807, 2.05) is 0 Å². The molecule has 1 amide bonds. The van der Waals surface area contributed by atoms with Crippen molar-refractivity contribution in [1.82, 2.24) is 4.90 Å². The molecule has 0 saturated heterocycles. The van der Waals surface area contributed by atoms with Gasteiger partial charge in [-0.2, -0.15) is 0 Å². The summed E-state index contributed by atoms with van der Waals surface area (Å²) in [5, 5.41) is 0. The Morgan fingerprint density at radius 3 is 2.50 bits per heavy atom. The Morgan fingerprint density at radius 2 is 1.95 bits per heavy atom. The van der Waals surface area contributed by atoms with Crippen molar-refractivity contribution < 1.29 is 18.7 Å². The molecule has 1 aromatic heterocycles. The van der Waals surface area contributed by atoms with Gasteiger partial charge in [0.05, 0.1) is 13.5 Å². The Kier molecular flexibility index (Phi) is 6.49. The van der Waals surface area contributed by atoms with Crippen LogP contribution in [-0.2, 0) is 9.53 Å². The third-order valence-corrected chi connectivity index (χ3v) is 4.52. The van der Waals surface area contributed by atoms with E-state index in [2.05, 4.69) is 15.9 Å². The van der Waals surface area contributed by atoms with Gasteiger partial charge in [-0.3, -0.25) is 9.59 Å². The zero-order valence-electron chi connectivity index (χ0n) is 12.8. The van der Waals surface area contributed by atoms with E-state index in [1.54, 1.807) is 17.0 Å². The molecule has 0 radical (unpaired) electrons. The molecule has 0 atom stereocenters. The van der Waals surface area contributed by atoms with Gasteiger partial charge in [0.25, 0.3) is 5.91 Å². The van der Waals surface area contributed by atoms with Gasteiger partial charge in [-0.1, -0.05) is 25.7 Å². The number of methoxy groups -OCH3 is 1. The van der Waals surface area contributed by atoms with Crippen LogP contribution in [0.2, 0.25) is 0 Å². The van der Waals surface area contributed by atoms with Crippen LogP contribution < -0.4 is 0 Å². The lowest BCUT2D eigenvalue weighted by Gasteiger charge is -2.30. The monoisotopic (exact) mass is 371 g/mol.